The van der Waals surface area contributed by atoms with Crippen LogP contribution in [0.15, 0.2) is 78.9 Å². The van der Waals surface area contributed by atoms with Crippen molar-refractivity contribution in [1.29, 1.82) is 0 Å². The number of nitrogens with zero attached hydrogens (tertiary/aromatic N) is 2. The van der Waals surface area contributed by atoms with Crippen molar-refractivity contribution in [3.8, 4) is 11.1 Å². The summed E-state index contributed by atoms with van der Waals surface area (Å²) in [5.41, 5.74) is 6.10. The van der Waals surface area contributed by atoms with Crippen LogP contribution in [0.25, 0.3) is 11.1 Å². The fourth-order valence-electron chi connectivity index (χ4n) is 6.04. The molecule has 3 aliphatic rings. The Labute approximate surface area is 194 Å². The average Bonchev–Trinajstić information content (AvgIpc) is 3.33. The number of hydrogen-bond donors (Lipinski definition) is 0. The van der Waals surface area contributed by atoms with E-state index in [-0.39, 0.29) is 22.7 Å². The van der Waals surface area contributed by atoms with Crippen molar-refractivity contribution >= 4 is 17.9 Å². The third-order valence-electron chi connectivity index (χ3n) is 7.50. The fraction of sp³-hybridized carbons (Fsp3) is 0.321. The van der Waals surface area contributed by atoms with E-state index >= 15 is 0 Å². The largest absolute Gasteiger partial charge is 0.282 e. The Bertz CT molecular complexity index is 1110. The van der Waals surface area contributed by atoms with Gasteiger partial charge in [-0.2, -0.15) is 0 Å². The Hall–Kier alpha value is -2.56. The molecule has 3 nitrogen and oxygen atoms in total. The van der Waals surface area contributed by atoms with Crippen LogP contribution in [-0.2, 0) is 4.75 Å². The van der Waals surface area contributed by atoms with Gasteiger partial charge in [-0.05, 0) is 59.2 Å². The molecular formula is C28H28N2OS. The van der Waals surface area contributed by atoms with Crippen LogP contribution in [0.1, 0.15) is 47.7 Å². The lowest BCUT2D eigenvalue weighted by Gasteiger charge is -2.39. The number of carbonyl (C=O) groups excluding carboxylic acids is 1. The van der Waals surface area contributed by atoms with Crippen LogP contribution in [0.4, 0.5) is 0 Å². The molecule has 1 amide bonds. The number of likely N-dealkylation sites (tertiary alicyclic amines) is 1. The lowest BCUT2D eigenvalue weighted by atomic mass is 9.81. The fourth-order valence-corrected chi connectivity index (χ4v) is 7.80. The van der Waals surface area contributed by atoms with Crippen LogP contribution >= 0.6 is 11.9 Å². The minimum Gasteiger partial charge on any atom is -0.282 e. The van der Waals surface area contributed by atoms with E-state index in [1.165, 1.54) is 41.5 Å². The maximum atomic E-state index is 13.9. The molecule has 2 aliphatic heterocycles. The van der Waals surface area contributed by atoms with Gasteiger partial charge in [0, 0.05) is 24.6 Å². The van der Waals surface area contributed by atoms with Gasteiger partial charge in [0.15, 0.2) is 0 Å². The second-order valence-electron chi connectivity index (χ2n) is 9.21. The molecule has 6 rings (SSSR count). The molecule has 162 valence electrons. The maximum Gasteiger partial charge on any atom is 0.265 e. The molecule has 0 saturated carbocycles. The molecule has 3 aromatic rings. The Morgan fingerprint density at radius 1 is 0.812 bits per heavy atom. The molecule has 3 aromatic carbocycles. The van der Waals surface area contributed by atoms with E-state index in [1.54, 1.807) is 11.9 Å². The molecular weight excluding hydrogens is 412 g/mol. The predicted molar refractivity (Wildman–Crippen MR) is 131 cm³/mol. The summed E-state index contributed by atoms with van der Waals surface area (Å²) in [6.45, 7) is 4.49. The van der Waals surface area contributed by atoms with E-state index < -0.39 is 0 Å². The molecule has 2 fully saturated rings. The van der Waals surface area contributed by atoms with Gasteiger partial charge >= 0.3 is 0 Å². The average molecular weight is 441 g/mol. The van der Waals surface area contributed by atoms with Gasteiger partial charge in [-0.15, -0.1) is 0 Å². The summed E-state index contributed by atoms with van der Waals surface area (Å²) in [6, 6.07) is 27.4. The van der Waals surface area contributed by atoms with Crippen molar-refractivity contribution in [2.24, 2.45) is 5.92 Å². The summed E-state index contributed by atoms with van der Waals surface area (Å²) in [5.74, 6) is 0.389. The highest BCUT2D eigenvalue weighted by Gasteiger charge is 2.60. The molecule has 2 heterocycles. The van der Waals surface area contributed by atoms with Gasteiger partial charge in [0.1, 0.15) is 6.17 Å². The number of carbonyl (C=O) groups is 1. The summed E-state index contributed by atoms with van der Waals surface area (Å²) in [7, 11) is 0. The van der Waals surface area contributed by atoms with E-state index in [0.717, 1.165) is 18.7 Å². The summed E-state index contributed by atoms with van der Waals surface area (Å²) in [6.07, 6.45) is 3.78. The van der Waals surface area contributed by atoms with E-state index in [1.807, 2.05) is 30.3 Å². The van der Waals surface area contributed by atoms with E-state index in [4.69, 9.17) is 0 Å². The lowest BCUT2D eigenvalue weighted by Crippen LogP contribution is -2.50. The van der Waals surface area contributed by atoms with Crippen LogP contribution in [0.5, 0.6) is 0 Å². The molecule has 2 atom stereocenters. The number of benzene rings is 3. The summed E-state index contributed by atoms with van der Waals surface area (Å²) >= 11 is 1.76. The van der Waals surface area contributed by atoms with E-state index in [0.29, 0.717) is 0 Å². The number of amides is 1. The van der Waals surface area contributed by atoms with Gasteiger partial charge in [-0.1, -0.05) is 80.1 Å². The number of hydrogen-bond acceptors (Lipinski definition) is 3. The van der Waals surface area contributed by atoms with Gasteiger partial charge in [0.05, 0.1) is 4.75 Å². The number of fused-ring (bicyclic) bond motifs is 5. The smallest absolute Gasteiger partial charge is 0.265 e. The Kier molecular flexibility index (Phi) is 4.89. The van der Waals surface area contributed by atoms with Crippen LogP contribution in [0.3, 0.4) is 0 Å². The predicted octanol–water partition coefficient (Wildman–Crippen LogP) is 6.16. The van der Waals surface area contributed by atoms with E-state index in [2.05, 4.69) is 64.7 Å². The van der Waals surface area contributed by atoms with Crippen LogP contribution in [0.2, 0.25) is 0 Å². The zero-order chi connectivity index (χ0) is 21.7. The van der Waals surface area contributed by atoms with Crippen molar-refractivity contribution in [2.45, 2.75) is 37.1 Å². The third kappa shape index (κ3) is 2.82. The monoisotopic (exact) mass is 440 g/mol. The highest BCUT2D eigenvalue weighted by atomic mass is 32.2. The first kappa shape index (κ1) is 20.1. The van der Waals surface area contributed by atoms with E-state index in [9.17, 15) is 4.79 Å². The zero-order valence-electron chi connectivity index (χ0n) is 18.4. The summed E-state index contributed by atoms with van der Waals surface area (Å²) in [5, 5.41) is 0. The quantitative estimate of drug-likeness (QED) is 0.446. The summed E-state index contributed by atoms with van der Waals surface area (Å²) < 4.78 is 1.87. The van der Waals surface area contributed by atoms with Crippen molar-refractivity contribution in [2.75, 3.05) is 13.1 Å². The standard InChI is InChI=1S/C28H28N2OS/c1-20-26(29-18-10-3-11-19-29)30(27(31)21-12-4-2-5-13-21)32-28(20)24-16-8-6-14-22(24)23-15-7-9-17-25(23)28/h2,4-9,12-17,20,26H,3,10-11,18-19H2,1H3/t20-,26+/m1/s1. The van der Waals surface area contributed by atoms with Gasteiger partial charge in [0.2, 0.25) is 0 Å². The molecule has 4 heteroatoms. The minimum atomic E-state index is -0.250. The third-order valence-corrected chi connectivity index (χ3v) is 9.18. The second kappa shape index (κ2) is 7.79. The molecule has 0 unspecified atom stereocenters. The second-order valence-corrected chi connectivity index (χ2v) is 10.4. The molecule has 0 aromatic heterocycles. The number of piperidine rings is 1. The van der Waals surface area contributed by atoms with Crippen LogP contribution in [-0.4, -0.2) is 34.4 Å². The summed E-state index contributed by atoms with van der Waals surface area (Å²) in [4.78, 5) is 16.5. The van der Waals surface area contributed by atoms with Gasteiger partial charge in [-0.3, -0.25) is 14.0 Å². The van der Waals surface area contributed by atoms with Crippen molar-refractivity contribution < 1.29 is 4.79 Å². The zero-order valence-corrected chi connectivity index (χ0v) is 19.2. The molecule has 32 heavy (non-hydrogen) atoms. The highest BCUT2D eigenvalue weighted by molar-refractivity contribution is 7.99. The SMILES string of the molecule is C[C@@H]1[C@@H](N2CCCCC2)N(C(=O)c2ccccc2)SC12c1ccccc1-c1ccccc12. The van der Waals surface area contributed by atoms with Gasteiger partial charge in [0.25, 0.3) is 5.91 Å². The molecule has 1 aliphatic carbocycles. The van der Waals surface area contributed by atoms with Crippen LogP contribution in [0, 0.1) is 5.92 Å². The lowest BCUT2D eigenvalue weighted by molar-refractivity contribution is 0.0422. The van der Waals surface area contributed by atoms with Gasteiger partial charge in [-0.25, -0.2) is 0 Å². The molecule has 2 saturated heterocycles. The van der Waals surface area contributed by atoms with Crippen LogP contribution < -0.4 is 0 Å². The maximum absolute atomic E-state index is 13.9. The topological polar surface area (TPSA) is 23.6 Å². The highest BCUT2D eigenvalue weighted by Crippen LogP contribution is 2.65. The molecule has 1 spiro atoms. The Balaban J connectivity index is 1.52. The Morgan fingerprint density at radius 2 is 1.38 bits per heavy atom. The van der Waals surface area contributed by atoms with Crippen molar-refractivity contribution in [3.63, 3.8) is 0 Å². The Morgan fingerprint density at radius 3 is 2.00 bits per heavy atom. The molecule has 0 bridgehead atoms. The number of rotatable bonds is 2. The molecule has 0 N–H and O–H groups in total. The first-order valence-electron chi connectivity index (χ1n) is 11.7. The normalized spacial score (nSPS) is 23.8. The first-order valence-corrected chi connectivity index (χ1v) is 12.5. The van der Waals surface area contributed by atoms with Crippen molar-refractivity contribution in [3.05, 3.63) is 95.6 Å². The first-order chi connectivity index (χ1) is 15.7. The van der Waals surface area contributed by atoms with Crippen molar-refractivity contribution in [1.82, 2.24) is 9.21 Å². The minimum absolute atomic E-state index is 0.0761. The molecule has 0 radical (unpaired) electrons. The van der Waals surface area contributed by atoms with Gasteiger partial charge < -0.3 is 0 Å².